The van der Waals surface area contributed by atoms with E-state index in [1.54, 1.807) is 19.2 Å². The van der Waals surface area contributed by atoms with Gasteiger partial charge >= 0.3 is 0 Å². The number of nitrogens with one attached hydrogen (secondary N) is 1. The van der Waals surface area contributed by atoms with Crippen LogP contribution in [0.2, 0.25) is 0 Å². The molecule has 0 radical (unpaired) electrons. The number of amides is 1. The Morgan fingerprint density at radius 2 is 2.09 bits per heavy atom. The minimum atomic E-state index is 0.146. The Morgan fingerprint density at radius 1 is 1.32 bits per heavy atom. The molecule has 0 aromatic heterocycles. The van der Waals surface area contributed by atoms with Crippen LogP contribution in [0.3, 0.4) is 0 Å². The van der Waals surface area contributed by atoms with Crippen molar-refractivity contribution in [3.05, 3.63) is 29.8 Å². The lowest BCUT2D eigenvalue weighted by atomic mass is 10.2. The molecule has 1 aromatic rings. The number of piperazine rings is 1. The van der Waals surface area contributed by atoms with E-state index in [1.165, 1.54) is 0 Å². The van der Waals surface area contributed by atoms with Gasteiger partial charge in [-0.2, -0.15) is 0 Å². The maximum absolute atomic E-state index is 12.0. The smallest absolute Gasteiger partial charge is 0.236 e. The summed E-state index contributed by atoms with van der Waals surface area (Å²) in [5, 5.41) is 12.6. The van der Waals surface area contributed by atoms with E-state index in [2.05, 4.69) is 10.2 Å². The van der Waals surface area contributed by atoms with Crippen molar-refractivity contribution in [1.82, 2.24) is 15.1 Å². The number of rotatable bonds is 7. The third-order valence-corrected chi connectivity index (χ3v) is 3.80. The first-order chi connectivity index (χ1) is 10.7. The van der Waals surface area contributed by atoms with E-state index in [0.29, 0.717) is 25.4 Å². The van der Waals surface area contributed by atoms with Crippen molar-refractivity contribution in [1.29, 1.82) is 0 Å². The zero-order valence-electron chi connectivity index (χ0n) is 13.1. The molecule has 22 heavy (non-hydrogen) atoms. The molecule has 0 spiro atoms. The fourth-order valence-corrected chi connectivity index (χ4v) is 2.55. The van der Waals surface area contributed by atoms with Crippen LogP contribution in [0, 0.1) is 0 Å². The lowest BCUT2D eigenvalue weighted by molar-refractivity contribution is -0.132. The highest BCUT2D eigenvalue weighted by atomic mass is 16.5. The van der Waals surface area contributed by atoms with Gasteiger partial charge in [0.15, 0.2) is 0 Å². The number of methoxy groups -OCH3 is 1. The molecule has 6 nitrogen and oxygen atoms in total. The number of aromatic hydroxyl groups is 1. The molecule has 0 saturated carbocycles. The fourth-order valence-electron chi connectivity index (χ4n) is 2.55. The van der Waals surface area contributed by atoms with Gasteiger partial charge in [-0.15, -0.1) is 0 Å². The Bertz CT molecular complexity index is 473. The molecule has 1 aromatic carbocycles. The second-order valence-corrected chi connectivity index (χ2v) is 5.50. The number of nitrogens with zero attached hydrogens (tertiary/aromatic N) is 2. The molecule has 1 aliphatic heterocycles. The largest absolute Gasteiger partial charge is 0.508 e. The standard InChI is InChI=1S/C16H25N3O3/c1-22-10-5-17-12-16(21)19-8-6-18(7-9-19)13-14-3-2-4-15(20)11-14/h2-4,11,17,20H,5-10,12-13H2,1H3. The zero-order valence-corrected chi connectivity index (χ0v) is 13.1. The zero-order chi connectivity index (χ0) is 15.8. The Hall–Kier alpha value is -1.63. The van der Waals surface area contributed by atoms with Gasteiger partial charge in [-0.25, -0.2) is 0 Å². The molecular weight excluding hydrogens is 282 g/mol. The van der Waals surface area contributed by atoms with Crippen molar-refractivity contribution in [2.75, 3.05) is 53.0 Å². The van der Waals surface area contributed by atoms with Crippen LogP contribution in [0.5, 0.6) is 5.75 Å². The van der Waals surface area contributed by atoms with Crippen LogP contribution in [-0.2, 0) is 16.1 Å². The minimum Gasteiger partial charge on any atom is -0.508 e. The van der Waals surface area contributed by atoms with E-state index in [-0.39, 0.29) is 5.91 Å². The lowest BCUT2D eigenvalue weighted by Crippen LogP contribution is -2.50. The SMILES string of the molecule is COCCNCC(=O)N1CCN(Cc2cccc(O)c2)CC1. The number of hydrogen-bond acceptors (Lipinski definition) is 5. The highest BCUT2D eigenvalue weighted by Crippen LogP contribution is 2.14. The summed E-state index contributed by atoms with van der Waals surface area (Å²) in [4.78, 5) is 16.2. The molecule has 6 heteroatoms. The van der Waals surface area contributed by atoms with Gasteiger partial charge < -0.3 is 20.1 Å². The molecule has 1 saturated heterocycles. The molecular formula is C16H25N3O3. The fraction of sp³-hybridized carbons (Fsp3) is 0.562. The molecule has 122 valence electrons. The van der Waals surface area contributed by atoms with Gasteiger partial charge in [-0.1, -0.05) is 12.1 Å². The van der Waals surface area contributed by atoms with Gasteiger partial charge in [-0.05, 0) is 17.7 Å². The topological polar surface area (TPSA) is 65.0 Å². The molecule has 1 heterocycles. The Balaban J connectivity index is 1.70. The number of carbonyl (C=O) groups is 1. The molecule has 1 aliphatic rings. The van der Waals surface area contributed by atoms with Crippen LogP contribution >= 0.6 is 0 Å². The predicted octanol–water partition coefficient (Wildman–Crippen LogP) is 0.272. The van der Waals surface area contributed by atoms with Crippen molar-refractivity contribution in [3.8, 4) is 5.75 Å². The summed E-state index contributed by atoms with van der Waals surface area (Å²) in [6, 6.07) is 7.33. The van der Waals surface area contributed by atoms with E-state index in [0.717, 1.165) is 38.3 Å². The summed E-state index contributed by atoms with van der Waals surface area (Å²) in [7, 11) is 1.65. The summed E-state index contributed by atoms with van der Waals surface area (Å²) in [6.45, 7) is 5.72. The molecule has 0 unspecified atom stereocenters. The van der Waals surface area contributed by atoms with E-state index in [1.807, 2.05) is 17.0 Å². The average molecular weight is 307 g/mol. The van der Waals surface area contributed by atoms with Crippen molar-refractivity contribution in [2.24, 2.45) is 0 Å². The van der Waals surface area contributed by atoms with E-state index in [9.17, 15) is 9.90 Å². The maximum Gasteiger partial charge on any atom is 0.236 e. The summed E-state index contributed by atoms with van der Waals surface area (Å²) >= 11 is 0. The highest BCUT2D eigenvalue weighted by molar-refractivity contribution is 5.78. The van der Waals surface area contributed by atoms with E-state index < -0.39 is 0 Å². The van der Waals surface area contributed by atoms with Gasteiger partial charge in [-0.3, -0.25) is 9.69 Å². The van der Waals surface area contributed by atoms with Crippen molar-refractivity contribution >= 4 is 5.91 Å². The van der Waals surface area contributed by atoms with Crippen LogP contribution in [0.1, 0.15) is 5.56 Å². The summed E-state index contributed by atoms with van der Waals surface area (Å²) < 4.78 is 4.94. The lowest BCUT2D eigenvalue weighted by Gasteiger charge is -2.34. The molecule has 0 aliphatic carbocycles. The number of hydrogen-bond donors (Lipinski definition) is 2. The third-order valence-electron chi connectivity index (χ3n) is 3.80. The number of ether oxygens (including phenoxy) is 1. The first-order valence-electron chi connectivity index (χ1n) is 7.66. The van der Waals surface area contributed by atoms with Gasteiger partial charge in [0, 0.05) is 46.4 Å². The van der Waals surface area contributed by atoms with Gasteiger partial charge in [0.05, 0.1) is 13.2 Å². The minimum absolute atomic E-state index is 0.146. The second-order valence-electron chi connectivity index (χ2n) is 5.50. The quantitative estimate of drug-likeness (QED) is 0.708. The number of phenols is 1. The number of carbonyl (C=O) groups excluding carboxylic acids is 1. The molecule has 1 amide bonds. The van der Waals surface area contributed by atoms with Crippen molar-refractivity contribution in [3.63, 3.8) is 0 Å². The molecule has 2 rings (SSSR count). The third kappa shape index (κ3) is 5.29. The molecule has 0 atom stereocenters. The number of benzene rings is 1. The first-order valence-corrected chi connectivity index (χ1v) is 7.66. The normalized spacial score (nSPS) is 16.0. The summed E-state index contributed by atoms with van der Waals surface area (Å²) in [6.07, 6.45) is 0. The Kier molecular flexibility index (Phi) is 6.64. The van der Waals surface area contributed by atoms with Crippen LogP contribution in [0.15, 0.2) is 24.3 Å². The van der Waals surface area contributed by atoms with E-state index >= 15 is 0 Å². The Labute approximate surface area is 131 Å². The first kappa shape index (κ1) is 16.7. The van der Waals surface area contributed by atoms with Gasteiger partial charge in [0.2, 0.25) is 5.91 Å². The Morgan fingerprint density at radius 3 is 2.77 bits per heavy atom. The van der Waals surface area contributed by atoms with Gasteiger partial charge in [0.1, 0.15) is 5.75 Å². The average Bonchev–Trinajstić information content (AvgIpc) is 2.52. The van der Waals surface area contributed by atoms with Crippen LogP contribution < -0.4 is 5.32 Å². The summed E-state index contributed by atoms with van der Waals surface area (Å²) in [5.74, 6) is 0.446. The van der Waals surface area contributed by atoms with Gasteiger partial charge in [0.25, 0.3) is 0 Å². The predicted molar refractivity (Wildman–Crippen MR) is 84.7 cm³/mol. The van der Waals surface area contributed by atoms with Crippen LogP contribution in [-0.4, -0.2) is 73.8 Å². The van der Waals surface area contributed by atoms with Crippen molar-refractivity contribution < 1.29 is 14.6 Å². The number of phenolic OH excluding ortho intramolecular Hbond substituents is 1. The molecule has 0 bridgehead atoms. The van der Waals surface area contributed by atoms with Crippen LogP contribution in [0.4, 0.5) is 0 Å². The second kappa shape index (κ2) is 8.73. The van der Waals surface area contributed by atoms with Crippen LogP contribution in [0.25, 0.3) is 0 Å². The monoisotopic (exact) mass is 307 g/mol. The highest BCUT2D eigenvalue weighted by Gasteiger charge is 2.20. The van der Waals surface area contributed by atoms with E-state index in [4.69, 9.17) is 4.74 Å². The summed E-state index contributed by atoms with van der Waals surface area (Å²) in [5.41, 5.74) is 1.10. The van der Waals surface area contributed by atoms with Crippen molar-refractivity contribution in [2.45, 2.75) is 6.54 Å². The molecule has 2 N–H and O–H groups in total. The molecule has 1 fully saturated rings. The maximum atomic E-state index is 12.0.